The normalized spacial score (nSPS) is 23.4. The largest absolute Gasteiger partial charge is 0.362 e. The monoisotopic (exact) mass is 242 g/mol. The molecule has 94 valence electrons. The third-order valence-electron chi connectivity index (χ3n) is 2.90. The van der Waals surface area contributed by atoms with Crippen LogP contribution in [0.4, 0.5) is 0 Å². The van der Waals surface area contributed by atoms with Crippen LogP contribution in [-0.2, 0) is 0 Å². The van der Waals surface area contributed by atoms with Gasteiger partial charge in [-0.2, -0.15) is 0 Å². The molecule has 0 bridgehead atoms. The lowest BCUT2D eigenvalue weighted by molar-refractivity contribution is 0.471. The third-order valence-corrected chi connectivity index (χ3v) is 3.84. The van der Waals surface area contributed by atoms with Crippen molar-refractivity contribution in [2.75, 3.05) is 5.75 Å². The van der Waals surface area contributed by atoms with Gasteiger partial charge >= 0.3 is 0 Å². The Morgan fingerprint density at radius 2 is 2.00 bits per heavy atom. The van der Waals surface area contributed by atoms with E-state index in [9.17, 15) is 0 Å². The molecule has 2 unspecified atom stereocenters. The Kier molecular flexibility index (Phi) is 5.67. The highest BCUT2D eigenvalue weighted by Crippen LogP contribution is 2.22. The fourth-order valence-electron chi connectivity index (χ4n) is 2.07. The van der Waals surface area contributed by atoms with Gasteiger partial charge in [0.25, 0.3) is 0 Å². The van der Waals surface area contributed by atoms with E-state index in [1.807, 2.05) is 11.8 Å². The number of hydrogen-bond acceptors (Lipinski definition) is 3. The van der Waals surface area contributed by atoms with E-state index in [0.29, 0.717) is 18.0 Å². The quantitative estimate of drug-likeness (QED) is 0.815. The molecule has 3 heteroatoms. The SMILES string of the molecule is CC(C)CC(C)NC1=NC(C(C)C)CCS1. The molecule has 0 aromatic carbocycles. The second-order valence-corrected chi connectivity index (χ2v) is 6.64. The molecule has 2 nitrogen and oxygen atoms in total. The van der Waals surface area contributed by atoms with E-state index in [0.717, 1.165) is 11.1 Å². The summed E-state index contributed by atoms with van der Waals surface area (Å²) in [5.74, 6) is 2.62. The highest BCUT2D eigenvalue weighted by Gasteiger charge is 2.19. The zero-order valence-electron chi connectivity index (χ0n) is 11.3. The molecule has 16 heavy (non-hydrogen) atoms. The maximum absolute atomic E-state index is 4.80. The van der Waals surface area contributed by atoms with Crippen molar-refractivity contribution in [3.05, 3.63) is 0 Å². The summed E-state index contributed by atoms with van der Waals surface area (Å²) in [5, 5.41) is 4.71. The third kappa shape index (κ3) is 4.77. The molecule has 0 saturated carbocycles. The predicted molar refractivity (Wildman–Crippen MR) is 75.2 cm³/mol. The molecule has 0 aromatic heterocycles. The van der Waals surface area contributed by atoms with E-state index in [1.165, 1.54) is 18.6 Å². The highest BCUT2D eigenvalue weighted by atomic mass is 32.2. The van der Waals surface area contributed by atoms with Gasteiger partial charge in [0, 0.05) is 11.8 Å². The van der Waals surface area contributed by atoms with Crippen molar-refractivity contribution in [3.8, 4) is 0 Å². The van der Waals surface area contributed by atoms with Crippen molar-refractivity contribution in [1.82, 2.24) is 5.32 Å². The van der Waals surface area contributed by atoms with Crippen LogP contribution in [0.15, 0.2) is 4.99 Å². The highest BCUT2D eigenvalue weighted by molar-refractivity contribution is 8.13. The number of amidine groups is 1. The number of nitrogens with zero attached hydrogens (tertiary/aromatic N) is 1. The van der Waals surface area contributed by atoms with Crippen molar-refractivity contribution in [2.45, 2.75) is 59.5 Å². The number of nitrogens with one attached hydrogen (secondary N) is 1. The van der Waals surface area contributed by atoms with Gasteiger partial charge in [-0.15, -0.1) is 0 Å². The van der Waals surface area contributed by atoms with E-state index in [2.05, 4.69) is 39.9 Å². The van der Waals surface area contributed by atoms with Gasteiger partial charge in [-0.05, 0) is 31.6 Å². The minimum Gasteiger partial charge on any atom is -0.362 e. The van der Waals surface area contributed by atoms with Gasteiger partial charge in [0.2, 0.25) is 0 Å². The molecular weight excluding hydrogens is 216 g/mol. The van der Waals surface area contributed by atoms with Gasteiger partial charge in [0.05, 0.1) is 6.04 Å². The van der Waals surface area contributed by atoms with Crippen LogP contribution in [0.25, 0.3) is 0 Å². The van der Waals surface area contributed by atoms with Crippen molar-refractivity contribution >= 4 is 16.9 Å². The Morgan fingerprint density at radius 3 is 2.56 bits per heavy atom. The maximum Gasteiger partial charge on any atom is 0.157 e. The Bertz CT molecular complexity index is 236. The van der Waals surface area contributed by atoms with Crippen molar-refractivity contribution in [3.63, 3.8) is 0 Å². The lowest BCUT2D eigenvalue weighted by Gasteiger charge is -2.25. The lowest BCUT2D eigenvalue weighted by Crippen LogP contribution is -2.35. The molecule has 0 saturated heterocycles. The summed E-state index contributed by atoms with van der Waals surface area (Å²) in [6.45, 7) is 11.3. The van der Waals surface area contributed by atoms with E-state index in [1.54, 1.807) is 0 Å². The Labute approximate surface area is 105 Å². The second-order valence-electron chi connectivity index (χ2n) is 5.56. The van der Waals surface area contributed by atoms with Crippen LogP contribution in [0.5, 0.6) is 0 Å². The number of aliphatic imine (C=N–C) groups is 1. The smallest absolute Gasteiger partial charge is 0.157 e. The van der Waals surface area contributed by atoms with E-state index in [-0.39, 0.29) is 0 Å². The summed E-state index contributed by atoms with van der Waals surface area (Å²) in [6.07, 6.45) is 2.44. The van der Waals surface area contributed by atoms with Gasteiger partial charge in [-0.1, -0.05) is 39.5 Å². The van der Waals surface area contributed by atoms with Gasteiger partial charge in [0.1, 0.15) is 0 Å². The van der Waals surface area contributed by atoms with Crippen LogP contribution in [-0.4, -0.2) is 23.0 Å². The zero-order chi connectivity index (χ0) is 12.1. The molecule has 0 aliphatic carbocycles. The van der Waals surface area contributed by atoms with Crippen LogP contribution in [0.2, 0.25) is 0 Å². The van der Waals surface area contributed by atoms with Gasteiger partial charge in [-0.3, -0.25) is 4.99 Å². The fraction of sp³-hybridized carbons (Fsp3) is 0.923. The maximum atomic E-state index is 4.80. The van der Waals surface area contributed by atoms with Crippen molar-refractivity contribution in [1.29, 1.82) is 0 Å². The fourth-order valence-corrected chi connectivity index (χ4v) is 3.11. The Hall–Kier alpha value is -0.180. The van der Waals surface area contributed by atoms with E-state index in [4.69, 9.17) is 4.99 Å². The topological polar surface area (TPSA) is 24.4 Å². The number of thioether (sulfide) groups is 1. The summed E-state index contributed by atoms with van der Waals surface area (Å²) < 4.78 is 0. The molecule has 0 fully saturated rings. The van der Waals surface area contributed by atoms with Crippen LogP contribution in [0.3, 0.4) is 0 Å². The summed E-state index contributed by atoms with van der Waals surface area (Å²) in [4.78, 5) is 4.80. The first-order chi connectivity index (χ1) is 7.49. The minimum atomic E-state index is 0.523. The predicted octanol–water partition coefficient (Wildman–Crippen LogP) is 3.53. The van der Waals surface area contributed by atoms with E-state index >= 15 is 0 Å². The summed E-state index contributed by atoms with van der Waals surface area (Å²) >= 11 is 1.88. The van der Waals surface area contributed by atoms with Crippen molar-refractivity contribution < 1.29 is 0 Å². The van der Waals surface area contributed by atoms with Crippen LogP contribution >= 0.6 is 11.8 Å². The van der Waals surface area contributed by atoms with Crippen molar-refractivity contribution in [2.24, 2.45) is 16.8 Å². The van der Waals surface area contributed by atoms with Crippen LogP contribution < -0.4 is 5.32 Å². The first-order valence-corrected chi connectivity index (χ1v) is 7.44. The summed E-state index contributed by atoms with van der Waals surface area (Å²) in [7, 11) is 0. The first kappa shape index (κ1) is 13.9. The first-order valence-electron chi connectivity index (χ1n) is 6.46. The number of hydrogen-bond donors (Lipinski definition) is 1. The van der Waals surface area contributed by atoms with Gasteiger partial charge < -0.3 is 5.32 Å². The van der Waals surface area contributed by atoms with E-state index < -0.39 is 0 Å². The molecule has 0 aromatic rings. The average molecular weight is 242 g/mol. The standard InChI is InChI=1S/C13H26N2S/c1-9(2)8-11(5)14-13-15-12(10(3)4)6-7-16-13/h9-12H,6-8H2,1-5H3,(H,14,15). The molecule has 0 amide bonds. The molecule has 1 N–H and O–H groups in total. The average Bonchev–Trinajstić information content (AvgIpc) is 2.16. The molecular formula is C13H26N2S. The second kappa shape index (κ2) is 6.53. The lowest BCUT2D eigenvalue weighted by atomic mass is 10.0. The zero-order valence-corrected chi connectivity index (χ0v) is 12.1. The molecule has 1 rings (SSSR count). The van der Waals surface area contributed by atoms with Gasteiger partial charge in [0.15, 0.2) is 5.17 Å². The molecule has 0 spiro atoms. The number of rotatable bonds is 4. The van der Waals surface area contributed by atoms with Crippen LogP contribution in [0.1, 0.15) is 47.5 Å². The molecule has 2 atom stereocenters. The summed E-state index contributed by atoms with van der Waals surface area (Å²) in [6, 6.07) is 1.06. The Balaban J connectivity index is 2.46. The van der Waals surface area contributed by atoms with Crippen LogP contribution in [0, 0.1) is 11.8 Å². The molecule has 1 heterocycles. The Morgan fingerprint density at radius 1 is 1.31 bits per heavy atom. The molecule has 1 aliphatic rings. The summed E-state index contributed by atoms with van der Waals surface area (Å²) in [5.41, 5.74) is 0. The molecule has 0 radical (unpaired) electrons. The van der Waals surface area contributed by atoms with Gasteiger partial charge in [-0.25, -0.2) is 0 Å². The molecule has 1 aliphatic heterocycles. The minimum absolute atomic E-state index is 0.523.